The third kappa shape index (κ3) is 7.57. The summed E-state index contributed by atoms with van der Waals surface area (Å²) in [6, 6.07) is 0. The molecule has 0 amide bonds. The van der Waals surface area contributed by atoms with Gasteiger partial charge in [-0.2, -0.15) is 9.97 Å². The molecule has 198 valence electrons. The molecule has 2 fully saturated rings. The van der Waals surface area contributed by atoms with Gasteiger partial charge in [0, 0.05) is 0 Å². The lowest BCUT2D eigenvalue weighted by atomic mass is 9.98. The molecular weight excluding hydrogens is 494 g/mol. The lowest BCUT2D eigenvalue weighted by Gasteiger charge is -2.23. The van der Waals surface area contributed by atoms with E-state index in [-0.39, 0.29) is 43.3 Å². The van der Waals surface area contributed by atoms with Crippen LogP contribution in [0.3, 0.4) is 0 Å². The number of carbonyl (C=O) groups is 2. The van der Waals surface area contributed by atoms with Crippen LogP contribution < -0.4 is 5.73 Å². The van der Waals surface area contributed by atoms with Gasteiger partial charge in [-0.15, -0.1) is 0 Å². The number of hydrogen-bond acceptors (Lipinski definition) is 11. The molecule has 0 spiro atoms. The fourth-order valence-corrected chi connectivity index (χ4v) is 4.60. The number of imidazole rings is 1. The quantitative estimate of drug-likeness (QED) is 0.367. The number of rotatable bonds is 9. The Morgan fingerprint density at radius 1 is 0.944 bits per heavy atom. The van der Waals surface area contributed by atoms with Crippen LogP contribution in [-0.2, 0) is 30.4 Å². The molecule has 2 saturated carbocycles. The summed E-state index contributed by atoms with van der Waals surface area (Å²) < 4.78 is 28.8. The molecule has 0 saturated heterocycles. The zero-order chi connectivity index (χ0) is 25.3. The van der Waals surface area contributed by atoms with E-state index >= 15 is 0 Å². The van der Waals surface area contributed by atoms with Crippen molar-refractivity contribution in [1.29, 1.82) is 0 Å². The van der Waals surface area contributed by atoms with Gasteiger partial charge < -0.3 is 29.4 Å². The zero-order valence-corrected chi connectivity index (χ0v) is 20.9. The van der Waals surface area contributed by atoms with Crippen LogP contribution in [-0.4, -0.2) is 63.4 Å². The van der Waals surface area contributed by atoms with Crippen molar-refractivity contribution in [1.82, 2.24) is 19.5 Å². The number of hydrogen-bond donors (Lipinski definition) is 1. The van der Waals surface area contributed by atoms with Gasteiger partial charge in [-0.3, -0.25) is 4.57 Å². The van der Waals surface area contributed by atoms with Gasteiger partial charge in [-0.25, -0.2) is 14.6 Å². The summed E-state index contributed by atoms with van der Waals surface area (Å²) in [7, 11) is 0. The summed E-state index contributed by atoms with van der Waals surface area (Å²) in [6.07, 6.45) is 8.53. The molecule has 2 N–H and O–H groups in total. The van der Waals surface area contributed by atoms with Crippen LogP contribution >= 0.6 is 11.6 Å². The topological polar surface area (TPSA) is 150 Å². The maximum absolute atomic E-state index is 12.2. The predicted molar refractivity (Wildman–Crippen MR) is 128 cm³/mol. The Balaban J connectivity index is 1.33. The van der Waals surface area contributed by atoms with Crippen LogP contribution in [0.15, 0.2) is 6.33 Å². The van der Waals surface area contributed by atoms with E-state index in [4.69, 9.17) is 41.0 Å². The molecule has 2 aliphatic carbocycles. The van der Waals surface area contributed by atoms with Crippen molar-refractivity contribution < 1.29 is 33.3 Å². The van der Waals surface area contributed by atoms with Crippen molar-refractivity contribution in [2.75, 3.05) is 18.9 Å². The van der Waals surface area contributed by atoms with Gasteiger partial charge >= 0.3 is 12.3 Å². The summed E-state index contributed by atoms with van der Waals surface area (Å²) in [5, 5.41) is 0.121. The van der Waals surface area contributed by atoms with Crippen molar-refractivity contribution in [3.8, 4) is 0 Å². The van der Waals surface area contributed by atoms with Gasteiger partial charge in [0.2, 0.25) is 5.95 Å². The van der Waals surface area contributed by atoms with E-state index in [2.05, 4.69) is 15.0 Å². The second kappa shape index (κ2) is 12.9. The molecule has 2 heterocycles. The second-order valence-corrected chi connectivity index (χ2v) is 9.41. The molecule has 2 aliphatic rings. The number of nitrogens with two attached hydrogens (primary N) is 1. The largest absolute Gasteiger partial charge is 0.508 e. The Hall–Kier alpha value is -2.86. The Kier molecular flexibility index (Phi) is 9.40. The summed E-state index contributed by atoms with van der Waals surface area (Å²) >= 11 is 6.08. The van der Waals surface area contributed by atoms with Gasteiger partial charge in [0.1, 0.15) is 43.8 Å². The molecule has 0 bridgehead atoms. The summed E-state index contributed by atoms with van der Waals surface area (Å²) in [4.78, 5) is 36.6. The van der Waals surface area contributed by atoms with E-state index < -0.39 is 18.4 Å². The fraction of sp³-hybridized carbons (Fsp3) is 0.696. The number of ether oxygens (including phenoxy) is 5. The molecule has 2 aromatic heterocycles. The minimum Gasteiger partial charge on any atom is -0.431 e. The first-order valence-corrected chi connectivity index (χ1v) is 12.8. The third-order valence-electron chi connectivity index (χ3n) is 6.29. The standard InChI is InChI=1S/C23H32ClN5O7/c24-19-18-20(28-21(25)27-19)29(13-26-18)14-34-17(11-32-22(30)35-15-7-3-1-4-8-15)12-33-23(31)36-16-9-5-2-6-10-16/h13,15-17H,1-12,14H2,(H2,25,27,28). The Labute approximate surface area is 213 Å². The van der Waals surface area contributed by atoms with Crippen LogP contribution in [0.4, 0.5) is 15.5 Å². The van der Waals surface area contributed by atoms with E-state index in [1.54, 1.807) is 4.57 Å². The lowest BCUT2D eigenvalue weighted by Crippen LogP contribution is -2.31. The minimum absolute atomic E-state index is 0.00613. The smallest absolute Gasteiger partial charge is 0.431 e. The van der Waals surface area contributed by atoms with Gasteiger partial charge in [0.25, 0.3) is 0 Å². The number of anilines is 1. The van der Waals surface area contributed by atoms with Crippen LogP contribution in [0, 0.1) is 0 Å². The SMILES string of the molecule is Nc1nc(Cl)c2ncn(COC(COC(=O)OC3CCCCC3)COC(=O)OC3CCCCC3)c2n1. The van der Waals surface area contributed by atoms with Crippen molar-refractivity contribution >= 4 is 41.0 Å². The van der Waals surface area contributed by atoms with Crippen LogP contribution in [0.1, 0.15) is 64.2 Å². The third-order valence-corrected chi connectivity index (χ3v) is 6.56. The first kappa shape index (κ1) is 26.2. The van der Waals surface area contributed by atoms with Crippen molar-refractivity contribution in [2.45, 2.75) is 89.3 Å². The average molecular weight is 526 g/mol. The molecule has 12 nitrogen and oxygen atoms in total. The van der Waals surface area contributed by atoms with Gasteiger partial charge in [0.05, 0.1) is 6.33 Å². The Morgan fingerprint density at radius 2 is 1.50 bits per heavy atom. The molecule has 0 atom stereocenters. The molecule has 0 aromatic carbocycles. The highest BCUT2D eigenvalue weighted by Gasteiger charge is 2.23. The molecule has 0 radical (unpaired) electrons. The second-order valence-electron chi connectivity index (χ2n) is 9.05. The van der Waals surface area contributed by atoms with E-state index in [9.17, 15) is 9.59 Å². The van der Waals surface area contributed by atoms with E-state index in [1.165, 1.54) is 6.33 Å². The zero-order valence-electron chi connectivity index (χ0n) is 20.1. The van der Waals surface area contributed by atoms with Crippen molar-refractivity contribution in [2.24, 2.45) is 0 Å². The van der Waals surface area contributed by atoms with Crippen molar-refractivity contribution in [3.05, 3.63) is 11.5 Å². The molecular formula is C23H32ClN5O7. The fourth-order valence-electron chi connectivity index (χ4n) is 4.38. The number of fused-ring (bicyclic) bond motifs is 1. The van der Waals surface area contributed by atoms with E-state index in [0.717, 1.165) is 64.2 Å². The first-order chi connectivity index (χ1) is 17.5. The highest BCUT2D eigenvalue weighted by Crippen LogP contribution is 2.22. The number of nitrogens with zero attached hydrogens (tertiary/aromatic N) is 4. The highest BCUT2D eigenvalue weighted by molar-refractivity contribution is 6.33. The summed E-state index contributed by atoms with van der Waals surface area (Å²) in [6.45, 7) is -0.421. The molecule has 36 heavy (non-hydrogen) atoms. The van der Waals surface area contributed by atoms with Gasteiger partial charge in [-0.05, 0) is 51.4 Å². The molecule has 0 aliphatic heterocycles. The lowest BCUT2D eigenvalue weighted by molar-refractivity contribution is -0.0794. The van der Waals surface area contributed by atoms with E-state index in [0.29, 0.717) is 11.2 Å². The molecule has 2 aromatic rings. The minimum atomic E-state index is -0.796. The van der Waals surface area contributed by atoms with Gasteiger partial charge in [0.15, 0.2) is 10.8 Å². The maximum Gasteiger partial charge on any atom is 0.508 e. The number of aromatic nitrogens is 4. The number of carbonyl (C=O) groups excluding carboxylic acids is 2. The maximum atomic E-state index is 12.2. The number of nitrogen functional groups attached to an aromatic ring is 1. The Bertz CT molecular complexity index is 988. The number of halogens is 1. The highest BCUT2D eigenvalue weighted by atomic mass is 35.5. The summed E-state index contributed by atoms with van der Waals surface area (Å²) in [5.74, 6) is -0.00613. The van der Waals surface area contributed by atoms with Crippen LogP contribution in [0.5, 0.6) is 0 Å². The normalized spacial score (nSPS) is 17.3. The van der Waals surface area contributed by atoms with E-state index in [1.807, 2.05) is 0 Å². The van der Waals surface area contributed by atoms with Crippen molar-refractivity contribution in [3.63, 3.8) is 0 Å². The predicted octanol–water partition coefficient (Wildman–Crippen LogP) is 4.38. The monoisotopic (exact) mass is 525 g/mol. The average Bonchev–Trinajstić information content (AvgIpc) is 3.28. The molecule has 13 heteroatoms. The molecule has 4 rings (SSSR count). The Morgan fingerprint density at radius 3 is 2.06 bits per heavy atom. The first-order valence-electron chi connectivity index (χ1n) is 12.4. The van der Waals surface area contributed by atoms with Gasteiger partial charge in [-0.1, -0.05) is 24.4 Å². The summed E-state index contributed by atoms with van der Waals surface area (Å²) in [5.41, 5.74) is 6.44. The molecule has 0 unspecified atom stereocenters. The van der Waals surface area contributed by atoms with Crippen LogP contribution in [0.2, 0.25) is 5.15 Å². The van der Waals surface area contributed by atoms with Crippen LogP contribution in [0.25, 0.3) is 11.2 Å².